The SMILES string of the molecule is COCC(=O)N1CCC2(CCN(C)C2)C1. The Morgan fingerprint density at radius 1 is 1.33 bits per heavy atom. The van der Waals surface area contributed by atoms with Crippen LogP contribution in [0.5, 0.6) is 0 Å². The summed E-state index contributed by atoms with van der Waals surface area (Å²) in [5.74, 6) is 0.143. The molecule has 1 atom stereocenters. The lowest BCUT2D eigenvalue weighted by molar-refractivity contribution is -0.134. The monoisotopic (exact) mass is 212 g/mol. The lowest BCUT2D eigenvalue weighted by Crippen LogP contribution is -2.35. The summed E-state index contributed by atoms with van der Waals surface area (Å²) in [6.07, 6.45) is 2.40. The minimum Gasteiger partial charge on any atom is -0.375 e. The highest BCUT2D eigenvalue weighted by molar-refractivity contribution is 5.77. The number of carbonyl (C=O) groups excluding carboxylic acids is 1. The van der Waals surface area contributed by atoms with Crippen LogP contribution in [-0.4, -0.2) is 62.7 Å². The molecule has 1 spiro atoms. The van der Waals surface area contributed by atoms with Crippen LogP contribution in [0.4, 0.5) is 0 Å². The second kappa shape index (κ2) is 4.10. The predicted molar refractivity (Wildman–Crippen MR) is 57.6 cm³/mol. The Kier molecular flexibility index (Phi) is 2.98. The van der Waals surface area contributed by atoms with Gasteiger partial charge in [0.15, 0.2) is 0 Å². The molecule has 86 valence electrons. The standard InChI is InChI=1S/C11H20N2O2/c1-12-5-3-11(8-12)4-6-13(9-11)10(14)7-15-2/h3-9H2,1-2H3. The van der Waals surface area contributed by atoms with Gasteiger partial charge < -0.3 is 14.5 Å². The van der Waals surface area contributed by atoms with E-state index in [0.717, 1.165) is 26.1 Å². The van der Waals surface area contributed by atoms with E-state index in [2.05, 4.69) is 11.9 Å². The molecule has 0 aromatic carbocycles. The third-order valence-corrected chi connectivity index (χ3v) is 3.69. The molecular weight excluding hydrogens is 192 g/mol. The van der Waals surface area contributed by atoms with Gasteiger partial charge in [-0.15, -0.1) is 0 Å². The number of hydrogen-bond acceptors (Lipinski definition) is 3. The van der Waals surface area contributed by atoms with Gasteiger partial charge in [-0.1, -0.05) is 0 Å². The first-order chi connectivity index (χ1) is 7.15. The van der Waals surface area contributed by atoms with Gasteiger partial charge >= 0.3 is 0 Å². The Labute approximate surface area is 91.2 Å². The molecule has 15 heavy (non-hydrogen) atoms. The van der Waals surface area contributed by atoms with Crippen LogP contribution < -0.4 is 0 Å². The molecule has 2 aliphatic rings. The molecule has 2 rings (SSSR count). The highest BCUT2D eigenvalue weighted by atomic mass is 16.5. The first kappa shape index (κ1) is 10.9. The smallest absolute Gasteiger partial charge is 0.248 e. The van der Waals surface area contributed by atoms with Crippen molar-refractivity contribution in [3.63, 3.8) is 0 Å². The summed E-state index contributed by atoms with van der Waals surface area (Å²) in [5.41, 5.74) is 0.387. The van der Waals surface area contributed by atoms with Crippen molar-refractivity contribution in [2.45, 2.75) is 12.8 Å². The van der Waals surface area contributed by atoms with Gasteiger partial charge in [-0.3, -0.25) is 4.79 Å². The quantitative estimate of drug-likeness (QED) is 0.655. The molecule has 1 amide bonds. The molecular formula is C11H20N2O2. The number of methoxy groups -OCH3 is 1. The minimum absolute atomic E-state index is 0.143. The topological polar surface area (TPSA) is 32.8 Å². The van der Waals surface area contributed by atoms with Gasteiger partial charge in [-0.05, 0) is 26.4 Å². The van der Waals surface area contributed by atoms with E-state index in [4.69, 9.17) is 4.74 Å². The maximum atomic E-state index is 11.7. The Balaban J connectivity index is 1.92. The van der Waals surface area contributed by atoms with Gasteiger partial charge in [0.1, 0.15) is 6.61 Å². The molecule has 4 heteroatoms. The summed E-state index contributed by atoms with van der Waals surface area (Å²) in [6.45, 7) is 4.39. The fourth-order valence-electron chi connectivity index (χ4n) is 2.85. The molecule has 0 N–H and O–H groups in total. The van der Waals surface area contributed by atoms with E-state index in [-0.39, 0.29) is 12.5 Å². The van der Waals surface area contributed by atoms with E-state index in [1.165, 1.54) is 13.0 Å². The van der Waals surface area contributed by atoms with Gasteiger partial charge in [0.25, 0.3) is 0 Å². The van der Waals surface area contributed by atoms with Crippen LogP contribution in [0.1, 0.15) is 12.8 Å². The van der Waals surface area contributed by atoms with Gasteiger partial charge in [0, 0.05) is 32.2 Å². The summed E-state index contributed by atoms with van der Waals surface area (Å²) in [7, 11) is 3.74. The zero-order chi connectivity index (χ0) is 10.9. The molecule has 2 heterocycles. The highest BCUT2D eigenvalue weighted by Gasteiger charge is 2.43. The molecule has 0 aliphatic carbocycles. The highest BCUT2D eigenvalue weighted by Crippen LogP contribution is 2.38. The average Bonchev–Trinajstić information content (AvgIpc) is 2.76. The fraction of sp³-hybridized carbons (Fsp3) is 0.909. The Hall–Kier alpha value is -0.610. The molecule has 2 fully saturated rings. The Bertz CT molecular complexity index is 257. The van der Waals surface area contributed by atoms with E-state index in [1.807, 2.05) is 4.90 Å². The van der Waals surface area contributed by atoms with E-state index < -0.39 is 0 Å². The molecule has 0 radical (unpaired) electrons. The van der Waals surface area contributed by atoms with E-state index >= 15 is 0 Å². The van der Waals surface area contributed by atoms with Crippen molar-refractivity contribution in [1.29, 1.82) is 0 Å². The van der Waals surface area contributed by atoms with Crippen LogP contribution in [0.15, 0.2) is 0 Å². The largest absolute Gasteiger partial charge is 0.375 e. The number of rotatable bonds is 2. The Morgan fingerprint density at radius 2 is 2.07 bits per heavy atom. The predicted octanol–water partition coefficient (Wildman–Crippen LogP) is 0.187. The lowest BCUT2D eigenvalue weighted by Gasteiger charge is -2.23. The number of hydrogen-bond donors (Lipinski definition) is 0. The van der Waals surface area contributed by atoms with E-state index in [0.29, 0.717) is 5.41 Å². The van der Waals surface area contributed by atoms with Crippen molar-refractivity contribution in [2.75, 3.05) is 46.9 Å². The lowest BCUT2D eigenvalue weighted by atomic mass is 9.86. The fourth-order valence-corrected chi connectivity index (χ4v) is 2.85. The van der Waals surface area contributed by atoms with Crippen LogP contribution in [0.25, 0.3) is 0 Å². The van der Waals surface area contributed by atoms with Gasteiger partial charge in [0.05, 0.1) is 0 Å². The van der Waals surface area contributed by atoms with Crippen molar-refractivity contribution in [1.82, 2.24) is 9.80 Å². The third-order valence-electron chi connectivity index (χ3n) is 3.69. The number of ether oxygens (including phenoxy) is 1. The number of likely N-dealkylation sites (tertiary alicyclic amines) is 2. The Morgan fingerprint density at radius 3 is 2.67 bits per heavy atom. The van der Waals surface area contributed by atoms with E-state index in [9.17, 15) is 4.79 Å². The van der Waals surface area contributed by atoms with Crippen molar-refractivity contribution in [3.05, 3.63) is 0 Å². The first-order valence-corrected chi connectivity index (χ1v) is 5.60. The van der Waals surface area contributed by atoms with Crippen LogP contribution in [0, 0.1) is 5.41 Å². The van der Waals surface area contributed by atoms with E-state index in [1.54, 1.807) is 7.11 Å². The third kappa shape index (κ3) is 2.16. The summed E-state index contributed by atoms with van der Waals surface area (Å²) < 4.78 is 4.89. The van der Waals surface area contributed by atoms with Crippen LogP contribution in [-0.2, 0) is 9.53 Å². The zero-order valence-corrected chi connectivity index (χ0v) is 9.66. The van der Waals surface area contributed by atoms with Gasteiger partial charge in [-0.25, -0.2) is 0 Å². The minimum atomic E-state index is 0.143. The zero-order valence-electron chi connectivity index (χ0n) is 9.66. The maximum absolute atomic E-state index is 11.7. The van der Waals surface area contributed by atoms with Crippen molar-refractivity contribution in [2.24, 2.45) is 5.41 Å². The normalized spacial score (nSPS) is 31.7. The molecule has 1 unspecified atom stereocenters. The van der Waals surface area contributed by atoms with Crippen molar-refractivity contribution >= 4 is 5.91 Å². The summed E-state index contributed by atoms with van der Waals surface area (Å²) in [6, 6.07) is 0. The average molecular weight is 212 g/mol. The summed E-state index contributed by atoms with van der Waals surface area (Å²) >= 11 is 0. The molecule has 2 aliphatic heterocycles. The van der Waals surface area contributed by atoms with Gasteiger partial charge in [0.2, 0.25) is 5.91 Å². The first-order valence-electron chi connectivity index (χ1n) is 5.60. The molecule has 0 bridgehead atoms. The molecule has 4 nitrogen and oxygen atoms in total. The molecule has 0 saturated carbocycles. The second-order valence-corrected chi connectivity index (χ2v) is 4.99. The maximum Gasteiger partial charge on any atom is 0.248 e. The second-order valence-electron chi connectivity index (χ2n) is 4.99. The summed E-state index contributed by atoms with van der Waals surface area (Å²) in [5, 5.41) is 0. The number of nitrogens with zero attached hydrogens (tertiary/aromatic N) is 2. The number of amides is 1. The van der Waals surface area contributed by atoms with Crippen molar-refractivity contribution in [3.8, 4) is 0 Å². The van der Waals surface area contributed by atoms with Crippen LogP contribution in [0.3, 0.4) is 0 Å². The molecule has 0 aromatic rings. The molecule has 0 aromatic heterocycles. The summed E-state index contributed by atoms with van der Waals surface area (Å²) in [4.78, 5) is 16.0. The number of carbonyl (C=O) groups is 1. The van der Waals surface area contributed by atoms with Crippen LogP contribution >= 0.6 is 0 Å². The molecule has 2 saturated heterocycles. The van der Waals surface area contributed by atoms with Gasteiger partial charge in [-0.2, -0.15) is 0 Å². The van der Waals surface area contributed by atoms with Crippen LogP contribution in [0.2, 0.25) is 0 Å². The van der Waals surface area contributed by atoms with Crippen molar-refractivity contribution < 1.29 is 9.53 Å².